The molecule has 0 fully saturated rings. The van der Waals surface area contributed by atoms with Gasteiger partial charge in [-0.15, -0.1) is 0 Å². The number of hydrogen-bond acceptors (Lipinski definition) is 3. The Kier molecular flexibility index (Phi) is 7.51. The Hall–Kier alpha value is -3.51. The molecule has 0 unspecified atom stereocenters. The summed E-state index contributed by atoms with van der Waals surface area (Å²) >= 11 is 5.87. The minimum atomic E-state index is -0.407. The Labute approximate surface area is 187 Å². The van der Waals surface area contributed by atoms with Gasteiger partial charge in [-0.05, 0) is 54.4 Å². The van der Waals surface area contributed by atoms with Crippen LogP contribution in [0.25, 0.3) is 0 Å². The number of benzene rings is 3. The SMILES string of the molecule is CN(C)c1ccc(NC(=O)Nc2ccc(Cl)cc2)cc1C(=O)NCCc1ccccc1. The van der Waals surface area contributed by atoms with Crippen LogP contribution in [0.15, 0.2) is 72.8 Å². The second-order valence-corrected chi connectivity index (χ2v) is 7.64. The first-order valence-electron chi connectivity index (χ1n) is 9.89. The van der Waals surface area contributed by atoms with Crippen molar-refractivity contribution in [3.63, 3.8) is 0 Å². The third-order valence-corrected chi connectivity index (χ3v) is 4.88. The van der Waals surface area contributed by atoms with Gasteiger partial charge in [0.2, 0.25) is 0 Å². The molecular weight excluding hydrogens is 412 g/mol. The van der Waals surface area contributed by atoms with Crippen LogP contribution in [0.5, 0.6) is 0 Å². The predicted molar refractivity (Wildman–Crippen MR) is 127 cm³/mol. The first kappa shape index (κ1) is 22.2. The molecule has 3 aromatic carbocycles. The molecule has 0 bridgehead atoms. The number of carbonyl (C=O) groups excluding carboxylic acids is 2. The van der Waals surface area contributed by atoms with Gasteiger partial charge < -0.3 is 20.9 Å². The van der Waals surface area contributed by atoms with Crippen molar-refractivity contribution in [2.45, 2.75) is 6.42 Å². The van der Waals surface area contributed by atoms with E-state index in [-0.39, 0.29) is 5.91 Å². The highest BCUT2D eigenvalue weighted by Crippen LogP contribution is 2.23. The molecule has 0 aromatic heterocycles. The number of nitrogens with zero attached hydrogens (tertiary/aromatic N) is 1. The number of amides is 3. The molecular formula is C24H25ClN4O2. The van der Waals surface area contributed by atoms with Crippen molar-refractivity contribution in [2.24, 2.45) is 0 Å². The van der Waals surface area contributed by atoms with Crippen LogP contribution in [0.1, 0.15) is 15.9 Å². The van der Waals surface area contributed by atoms with Crippen LogP contribution in [0, 0.1) is 0 Å². The summed E-state index contributed by atoms with van der Waals surface area (Å²) in [6, 6.07) is 21.6. The minimum Gasteiger partial charge on any atom is -0.377 e. The second kappa shape index (κ2) is 10.5. The van der Waals surface area contributed by atoms with Crippen LogP contribution in [0.3, 0.4) is 0 Å². The van der Waals surface area contributed by atoms with Crippen LogP contribution < -0.4 is 20.9 Å². The van der Waals surface area contributed by atoms with Crippen molar-refractivity contribution < 1.29 is 9.59 Å². The first-order chi connectivity index (χ1) is 14.9. The number of carbonyl (C=O) groups is 2. The van der Waals surface area contributed by atoms with Gasteiger partial charge in [0.1, 0.15) is 0 Å². The Balaban J connectivity index is 1.67. The van der Waals surface area contributed by atoms with Crippen LogP contribution >= 0.6 is 11.6 Å². The molecule has 0 heterocycles. The summed E-state index contributed by atoms with van der Waals surface area (Å²) in [4.78, 5) is 27.0. The lowest BCUT2D eigenvalue weighted by molar-refractivity contribution is 0.0954. The summed E-state index contributed by atoms with van der Waals surface area (Å²) in [5.41, 5.74) is 3.55. The fourth-order valence-corrected chi connectivity index (χ4v) is 3.20. The van der Waals surface area contributed by atoms with Gasteiger partial charge in [-0.2, -0.15) is 0 Å². The minimum absolute atomic E-state index is 0.193. The van der Waals surface area contributed by atoms with E-state index in [1.165, 1.54) is 0 Å². The van der Waals surface area contributed by atoms with E-state index < -0.39 is 6.03 Å². The van der Waals surface area contributed by atoms with Gasteiger partial charge in [0.15, 0.2) is 0 Å². The summed E-state index contributed by atoms with van der Waals surface area (Å²) in [7, 11) is 3.74. The molecule has 3 N–H and O–H groups in total. The van der Waals surface area contributed by atoms with E-state index in [9.17, 15) is 9.59 Å². The van der Waals surface area contributed by atoms with E-state index in [2.05, 4.69) is 16.0 Å². The topological polar surface area (TPSA) is 73.5 Å². The number of halogens is 1. The highest BCUT2D eigenvalue weighted by Gasteiger charge is 2.15. The molecule has 3 amide bonds. The van der Waals surface area contributed by atoms with Gasteiger partial charge in [0.25, 0.3) is 5.91 Å². The second-order valence-electron chi connectivity index (χ2n) is 7.20. The molecule has 0 radical (unpaired) electrons. The van der Waals surface area contributed by atoms with E-state index in [0.29, 0.717) is 28.5 Å². The van der Waals surface area contributed by atoms with Gasteiger partial charge in [0.05, 0.1) is 5.56 Å². The van der Waals surface area contributed by atoms with Crippen molar-refractivity contribution in [3.05, 3.63) is 88.9 Å². The lowest BCUT2D eigenvalue weighted by Gasteiger charge is -2.18. The van der Waals surface area contributed by atoms with E-state index in [1.807, 2.05) is 55.4 Å². The molecule has 31 heavy (non-hydrogen) atoms. The van der Waals surface area contributed by atoms with Gasteiger partial charge in [-0.1, -0.05) is 41.9 Å². The predicted octanol–water partition coefficient (Wildman–Crippen LogP) is 5.02. The molecule has 0 aliphatic carbocycles. The number of nitrogens with one attached hydrogen (secondary N) is 3. The summed E-state index contributed by atoms with van der Waals surface area (Å²) in [5, 5.41) is 9.06. The maximum absolute atomic E-state index is 12.8. The van der Waals surface area contributed by atoms with Crippen LogP contribution in [0.2, 0.25) is 5.02 Å². The lowest BCUT2D eigenvalue weighted by Crippen LogP contribution is -2.28. The molecule has 0 atom stereocenters. The molecule has 0 aliphatic heterocycles. The standard InChI is InChI=1S/C24H25ClN4O2/c1-29(2)22-13-12-20(28-24(31)27-19-10-8-18(25)9-11-19)16-21(22)23(30)26-15-14-17-6-4-3-5-7-17/h3-13,16H,14-15H2,1-2H3,(H,26,30)(H2,27,28,31). The summed E-state index contributed by atoms with van der Waals surface area (Å²) in [6.07, 6.45) is 0.741. The van der Waals surface area contributed by atoms with Crippen molar-refractivity contribution in [3.8, 4) is 0 Å². The van der Waals surface area contributed by atoms with Crippen molar-refractivity contribution in [1.82, 2.24) is 5.32 Å². The third kappa shape index (κ3) is 6.49. The van der Waals surface area contributed by atoms with Crippen LogP contribution in [-0.4, -0.2) is 32.6 Å². The monoisotopic (exact) mass is 436 g/mol. The van der Waals surface area contributed by atoms with Gasteiger partial charge in [0, 0.05) is 42.7 Å². The maximum atomic E-state index is 12.8. The maximum Gasteiger partial charge on any atom is 0.323 e. The Morgan fingerprint density at radius 1 is 0.871 bits per heavy atom. The molecule has 0 spiro atoms. The molecule has 3 rings (SSSR count). The van der Waals surface area contributed by atoms with Gasteiger partial charge in [-0.25, -0.2) is 4.79 Å². The molecule has 0 saturated carbocycles. The average molecular weight is 437 g/mol. The summed E-state index contributed by atoms with van der Waals surface area (Å²) in [5.74, 6) is -0.193. The zero-order valence-electron chi connectivity index (χ0n) is 17.5. The largest absolute Gasteiger partial charge is 0.377 e. The van der Waals surface area contributed by atoms with Crippen molar-refractivity contribution in [1.29, 1.82) is 0 Å². The molecule has 160 valence electrons. The molecule has 0 aliphatic rings. The molecule has 7 heteroatoms. The number of hydrogen-bond donors (Lipinski definition) is 3. The zero-order valence-corrected chi connectivity index (χ0v) is 18.2. The summed E-state index contributed by atoms with van der Waals surface area (Å²) < 4.78 is 0. The lowest BCUT2D eigenvalue weighted by atomic mass is 10.1. The van der Waals surface area contributed by atoms with Gasteiger partial charge in [-0.3, -0.25) is 4.79 Å². The number of urea groups is 1. The average Bonchev–Trinajstić information content (AvgIpc) is 2.76. The third-order valence-electron chi connectivity index (χ3n) is 4.63. The fourth-order valence-electron chi connectivity index (χ4n) is 3.07. The zero-order chi connectivity index (χ0) is 22.2. The molecule has 6 nitrogen and oxygen atoms in total. The summed E-state index contributed by atoms with van der Waals surface area (Å²) in [6.45, 7) is 0.518. The number of anilines is 3. The van der Waals surface area contributed by atoms with E-state index >= 15 is 0 Å². The van der Waals surface area contributed by atoms with E-state index in [4.69, 9.17) is 11.6 Å². The van der Waals surface area contributed by atoms with Crippen LogP contribution in [0.4, 0.5) is 21.9 Å². The Morgan fingerprint density at radius 3 is 2.19 bits per heavy atom. The fraction of sp³-hybridized carbons (Fsp3) is 0.167. The van der Waals surface area contributed by atoms with Gasteiger partial charge >= 0.3 is 6.03 Å². The molecule has 0 saturated heterocycles. The number of rotatable bonds is 7. The van der Waals surface area contributed by atoms with Crippen molar-refractivity contribution >= 4 is 40.6 Å². The Morgan fingerprint density at radius 2 is 1.52 bits per heavy atom. The van der Waals surface area contributed by atoms with Crippen LogP contribution in [-0.2, 0) is 6.42 Å². The smallest absolute Gasteiger partial charge is 0.323 e. The normalized spacial score (nSPS) is 10.3. The Bertz CT molecular complexity index is 1040. The van der Waals surface area contributed by atoms with E-state index in [1.54, 1.807) is 36.4 Å². The first-order valence-corrected chi connectivity index (χ1v) is 10.3. The quantitative estimate of drug-likeness (QED) is 0.486. The van der Waals surface area contributed by atoms with E-state index in [0.717, 1.165) is 17.7 Å². The highest BCUT2D eigenvalue weighted by molar-refractivity contribution is 6.30. The highest BCUT2D eigenvalue weighted by atomic mass is 35.5. The van der Waals surface area contributed by atoms with Crippen molar-refractivity contribution in [2.75, 3.05) is 36.2 Å². The molecule has 3 aromatic rings.